The molecule has 0 aromatic heterocycles. The number of aryl methyl sites for hydroxylation is 1. The maximum Gasteiger partial charge on any atom is 0.161 e. The second-order valence-electron chi connectivity index (χ2n) is 4.37. The Morgan fingerprint density at radius 2 is 1.55 bits per heavy atom. The van der Waals surface area contributed by atoms with Gasteiger partial charge in [-0.15, -0.1) is 0 Å². The second-order valence-corrected chi connectivity index (χ2v) is 4.37. The zero-order valence-corrected chi connectivity index (χ0v) is 11.8. The SMILES string of the molecule is COc1ccccc1OCCOc1cc(N)ccc1C. The Morgan fingerprint density at radius 1 is 0.900 bits per heavy atom. The van der Waals surface area contributed by atoms with Gasteiger partial charge in [0.05, 0.1) is 7.11 Å². The summed E-state index contributed by atoms with van der Waals surface area (Å²) < 4.78 is 16.5. The minimum Gasteiger partial charge on any atom is -0.493 e. The maximum absolute atomic E-state index is 5.73. The molecule has 2 N–H and O–H groups in total. The van der Waals surface area contributed by atoms with Crippen molar-refractivity contribution in [3.05, 3.63) is 48.0 Å². The van der Waals surface area contributed by atoms with Crippen LogP contribution >= 0.6 is 0 Å². The molecule has 0 aliphatic heterocycles. The number of methoxy groups -OCH3 is 1. The molecule has 2 rings (SSSR count). The molecule has 0 unspecified atom stereocenters. The van der Waals surface area contributed by atoms with Crippen LogP contribution in [-0.2, 0) is 0 Å². The molecule has 2 aromatic rings. The summed E-state index contributed by atoms with van der Waals surface area (Å²) in [6.07, 6.45) is 0. The normalized spacial score (nSPS) is 10.1. The van der Waals surface area contributed by atoms with Crippen LogP contribution in [0.15, 0.2) is 42.5 Å². The molecule has 4 heteroatoms. The largest absolute Gasteiger partial charge is 0.493 e. The molecule has 0 radical (unpaired) electrons. The lowest BCUT2D eigenvalue weighted by atomic mass is 10.2. The molecular formula is C16H19NO3. The first-order valence-electron chi connectivity index (χ1n) is 6.45. The van der Waals surface area contributed by atoms with E-state index in [0.29, 0.717) is 30.4 Å². The molecular weight excluding hydrogens is 254 g/mol. The fourth-order valence-electron chi connectivity index (χ4n) is 1.81. The van der Waals surface area contributed by atoms with Gasteiger partial charge >= 0.3 is 0 Å². The predicted molar refractivity (Wildman–Crippen MR) is 79.6 cm³/mol. The highest BCUT2D eigenvalue weighted by molar-refractivity contribution is 5.47. The van der Waals surface area contributed by atoms with Crippen molar-refractivity contribution in [2.75, 3.05) is 26.1 Å². The van der Waals surface area contributed by atoms with Gasteiger partial charge in [-0.05, 0) is 30.7 Å². The third-order valence-corrected chi connectivity index (χ3v) is 2.88. The number of nitrogens with two attached hydrogens (primary N) is 1. The van der Waals surface area contributed by atoms with Crippen molar-refractivity contribution in [1.29, 1.82) is 0 Å². The Bertz CT molecular complexity index is 569. The molecule has 0 fully saturated rings. The predicted octanol–water partition coefficient (Wildman–Crippen LogP) is 3.04. The van der Waals surface area contributed by atoms with E-state index in [2.05, 4.69) is 0 Å². The van der Waals surface area contributed by atoms with Crippen LogP contribution in [0.3, 0.4) is 0 Å². The van der Waals surface area contributed by atoms with E-state index >= 15 is 0 Å². The smallest absolute Gasteiger partial charge is 0.161 e. The van der Waals surface area contributed by atoms with E-state index in [1.165, 1.54) is 0 Å². The van der Waals surface area contributed by atoms with E-state index in [4.69, 9.17) is 19.9 Å². The average Bonchev–Trinajstić information content (AvgIpc) is 2.47. The van der Waals surface area contributed by atoms with Crippen LogP contribution in [0.5, 0.6) is 17.2 Å². The standard InChI is InChI=1S/C16H19NO3/c1-12-7-8-13(17)11-16(12)20-10-9-19-15-6-4-3-5-14(15)18-2/h3-8,11H,9-10,17H2,1-2H3. The van der Waals surface area contributed by atoms with Crippen LogP contribution in [0.2, 0.25) is 0 Å². The number of benzene rings is 2. The van der Waals surface area contributed by atoms with Crippen LogP contribution in [0.4, 0.5) is 5.69 Å². The van der Waals surface area contributed by atoms with E-state index in [9.17, 15) is 0 Å². The van der Waals surface area contributed by atoms with Gasteiger partial charge in [0, 0.05) is 11.8 Å². The second kappa shape index (κ2) is 6.70. The maximum atomic E-state index is 5.73. The molecule has 0 heterocycles. The molecule has 0 saturated heterocycles. The topological polar surface area (TPSA) is 53.7 Å². The summed E-state index contributed by atoms with van der Waals surface area (Å²) in [6.45, 7) is 2.87. The van der Waals surface area contributed by atoms with Crippen molar-refractivity contribution < 1.29 is 14.2 Å². The summed E-state index contributed by atoms with van der Waals surface area (Å²) in [5.74, 6) is 2.21. The first-order chi connectivity index (χ1) is 9.70. The van der Waals surface area contributed by atoms with Crippen LogP contribution < -0.4 is 19.9 Å². The zero-order valence-electron chi connectivity index (χ0n) is 11.8. The minimum absolute atomic E-state index is 0.439. The monoisotopic (exact) mass is 273 g/mol. The highest BCUT2D eigenvalue weighted by atomic mass is 16.5. The number of hydrogen-bond donors (Lipinski definition) is 1. The van der Waals surface area contributed by atoms with Gasteiger partial charge in [-0.1, -0.05) is 18.2 Å². The average molecular weight is 273 g/mol. The molecule has 2 aromatic carbocycles. The lowest BCUT2D eigenvalue weighted by molar-refractivity contribution is 0.210. The molecule has 4 nitrogen and oxygen atoms in total. The quantitative estimate of drug-likeness (QED) is 0.649. The highest BCUT2D eigenvalue weighted by Gasteiger charge is 2.03. The van der Waals surface area contributed by atoms with Crippen LogP contribution in [0.25, 0.3) is 0 Å². The summed E-state index contributed by atoms with van der Waals surface area (Å²) in [5.41, 5.74) is 7.48. The van der Waals surface area contributed by atoms with Crippen molar-refractivity contribution in [3.8, 4) is 17.2 Å². The van der Waals surface area contributed by atoms with Gasteiger partial charge in [-0.3, -0.25) is 0 Å². The Morgan fingerprint density at radius 3 is 2.25 bits per heavy atom. The molecule has 0 saturated carbocycles. The first kappa shape index (κ1) is 14.1. The van der Waals surface area contributed by atoms with Crippen molar-refractivity contribution in [2.24, 2.45) is 0 Å². The number of nitrogen functional groups attached to an aromatic ring is 1. The minimum atomic E-state index is 0.439. The molecule has 106 valence electrons. The van der Waals surface area contributed by atoms with Crippen molar-refractivity contribution >= 4 is 5.69 Å². The molecule has 0 spiro atoms. The summed E-state index contributed by atoms with van der Waals surface area (Å²) in [5, 5.41) is 0. The van der Waals surface area contributed by atoms with Crippen molar-refractivity contribution in [3.63, 3.8) is 0 Å². The van der Waals surface area contributed by atoms with E-state index in [1.54, 1.807) is 7.11 Å². The van der Waals surface area contributed by atoms with E-state index in [0.717, 1.165) is 11.3 Å². The van der Waals surface area contributed by atoms with Gasteiger partial charge in [-0.25, -0.2) is 0 Å². The van der Waals surface area contributed by atoms with Gasteiger partial charge in [-0.2, -0.15) is 0 Å². The fourth-order valence-corrected chi connectivity index (χ4v) is 1.81. The Hall–Kier alpha value is -2.36. The molecule has 0 aliphatic rings. The Kier molecular flexibility index (Phi) is 4.71. The number of hydrogen-bond acceptors (Lipinski definition) is 4. The third-order valence-electron chi connectivity index (χ3n) is 2.88. The van der Waals surface area contributed by atoms with Crippen LogP contribution in [-0.4, -0.2) is 20.3 Å². The summed E-state index contributed by atoms with van der Waals surface area (Å²) in [6, 6.07) is 13.1. The first-order valence-corrected chi connectivity index (χ1v) is 6.45. The Balaban J connectivity index is 1.86. The summed E-state index contributed by atoms with van der Waals surface area (Å²) in [7, 11) is 1.62. The lowest BCUT2D eigenvalue weighted by Crippen LogP contribution is -2.10. The van der Waals surface area contributed by atoms with Gasteiger partial charge < -0.3 is 19.9 Å². The number of para-hydroxylation sites is 2. The van der Waals surface area contributed by atoms with E-state index in [-0.39, 0.29) is 0 Å². The molecule has 0 atom stereocenters. The summed E-state index contributed by atoms with van der Waals surface area (Å²) in [4.78, 5) is 0. The van der Waals surface area contributed by atoms with E-state index in [1.807, 2.05) is 49.4 Å². The third kappa shape index (κ3) is 3.57. The Labute approximate surface area is 119 Å². The summed E-state index contributed by atoms with van der Waals surface area (Å²) >= 11 is 0. The van der Waals surface area contributed by atoms with Gasteiger partial charge in [0.15, 0.2) is 11.5 Å². The molecule has 20 heavy (non-hydrogen) atoms. The number of ether oxygens (including phenoxy) is 3. The van der Waals surface area contributed by atoms with Crippen molar-refractivity contribution in [1.82, 2.24) is 0 Å². The fraction of sp³-hybridized carbons (Fsp3) is 0.250. The van der Waals surface area contributed by atoms with Gasteiger partial charge in [0.1, 0.15) is 19.0 Å². The molecule has 0 amide bonds. The van der Waals surface area contributed by atoms with Gasteiger partial charge in [0.25, 0.3) is 0 Å². The number of anilines is 1. The number of rotatable bonds is 6. The van der Waals surface area contributed by atoms with Crippen LogP contribution in [0.1, 0.15) is 5.56 Å². The van der Waals surface area contributed by atoms with E-state index < -0.39 is 0 Å². The van der Waals surface area contributed by atoms with Crippen LogP contribution in [0, 0.1) is 6.92 Å². The molecule has 0 aliphatic carbocycles. The zero-order chi connectivity index (χ0) is 14.4. The highest BCUT2D eigenvalue weighted by Crippen LogP contribution is 2.26. The molecule has 0 bridgehead atoms. The van der Waals surface area contributed by atoms with Gasteiger partial charge in [0.2, 0.25) is 0 Å². The van der Waals surface area contributed by atoms with Crippen molar-refractivity contribution in [2.45, 2.75) is 6.92 Å². The lowest BCUT2D eigenvalue weighted by Gasteiger charge is -2.12.